The smallest absolute Gasteiger partial charge is 0.263 e. The first-order valence-corrected chi connectivity index (χ1v) is 11.7. The maximum absolute atomic E-state index is 13.0. The van der Waals surface area contributed by atoms with E-state index in [-0.39, 0.29) is 17.3 Å². The van der Waals surface area contributed by atoms with Crippen molar-refractivity contribution >= 4 is 27.3 Å². The molecule has 7 nitrogen and oxygen atoms in total. The fourth-order valence-corrected chi connectivity index (χ4v) is 4.64. The van der Waals surface area contributed by atoms with Crippen LogP contribution in [0.25, 0.3) is 22.0 Å². The molecular formula is C22H19N3O4S2. The summed E-state index contributed by atoms with van der Waals surface area (Å²) in [4.78, 5) is 18.3. The first-order valence-electron chi connectivity index (χ1n) is 9.39. The van der Waals surface area contributed by atoms with Crippen LogP contribution in [0.2, 0.25) is 0 Å². The molecule has 0 radical (unpaired) electrons. The van der Waals surface area contributed by atoms with E-state index < -0.39 is 10.0 Å². The second kappa shape index (κ2) is 8.84. The molecule has 0 aliphatic rings. The number of benzene rings is 2. The van der Waals surface area contributed by atoms with Crippen LogP contribution in [-0.2, 0) is 16.6 Å². The minimum absolute atomic E-state index is 0.169. The largest absolute Gasteiger partial charge is 0.462 e. The summed E-state index contributed by atoms with van der Waals surface area (Å²) < 4.78 is 31.4. The summed E-state index contributed by atoms with van der Waals surface area (Å²) in [6.07, 6.45) is 1.57. The monoisotopic (exact) mass is 453 g/mol. The Labute approximate surface area is 183 Å². The molecular weight excluding hydrogens is 434 g/mol. The highest BCUT2D eigenvalue weighted by Crippen LogP contribution is 2.34. The molecule has 2 aromatic carbocycles. The Kier molecular flexibility index (Phi) is 5.99. The molecule has 2 aromatic heterocycles. The van der Waals surface area contributed by atoms with Gasteiger partial charge in [0.1, 0.15) is 4.88 Å². The summed E-state index contributed by atoms with van der Waals surface area (Å²) in [6, 6.07) is 19.4. The zero-order valence-electron chi connectivity index (χ0n) is 16.5. The van der Waals surface area contributed by atoms with Crippen molar-refractivity contribution in [3.8, 4) is 22.0 Å². The molecule has 158 valence electrons. The van der Waals surface area contributed by atoms with Crippen LogP contribution in [-0.4, -0.2) is 26.4 Å². The third-order valence-corrected chi connectivity index (χ3v) is 7.07. The molecule has 0 aliphatic heterocycles. The van der Waals surface area contributed by atoms with E-state index in [4.69, 9.17) is 4.42 Å². The van der Waals surface area contributed by atoms with Gasteiger partial charge in [0.2, 0.25) is 10.0 Å². The Hall–Kier alpha value is -3.27. The second-order valence-corrected chi connectivity index (χ2v) is 9.46. The molecule has 0 saturated heterocycles. The number of carbonyl (C=O) groups is 1. The number of rotatable bonds is 7. The molecule has 0 unspecified atom stereocenters. The second-order valence-electron chi connectivity index (χ2n) is 6.57. The molecule has 9 heteroatoms. The van der Waals surface area contributed by atoms with Crippen molar-refractivity contribution in [3.05, 3.63) is 83.4 Å². The van der Waals surface area contributed by atoms with Crippen LogP contribution in [0.4, 0.5) is 0 Å². The van der Waals surface area contributed by atoms with E-state index in [1.54, 1.807) is 30.5 Å². The normalized spacial score (nSPS) is 11.4. The summed E-state index contributed by atoms with van der Waals surface area (Å²) in [5, 5.41) is 3.51. The quantitative estimate of drug-likeness (QED) is 0.442. The predicted molar refractivity (Wildman–Crippen MR) is 119 cm³/mol. The van der Waals surface area contributed by atoms with E-state index in [2.05, 4.69) is 15.0 Å². The first kappa shape index (κ1) is 21.0. The fraction of sp³-hybridized carbons (Fsp3) is 0.0909. The average Bonchev–Trinajstić information content (AvgIpc) is 3.48. The van der Waals surface area contributed by atoms with E-state index in [0.29, 0.717) is 21.3 Å². The van der Waals surface area contributed by atoms with Gasteiger partial charge in [-0.05, 0) is 36.9 Å². The van der Waals surface area contributed by atoms with Crippen molar-refractivity contribution in [1.29, 1.82) is 0 Å². The van der Waals surface area contributed by atoms with Gasteiger partial charge in [-0.25, -0.2) is 18.1 Å². The molecule has 0 fully saturated rings. The van der Waals surface area contributed by atoms with Crippen molar-refractivity contribution < 1.29 is 17.6 Å². The Morgan fingerprint density at radius 2 is 1.77 bits per heavy atom. The number of thiazole rings is 1. The van der Waals surface area contributed by atoms with Crippen LogP contribution >= 0.6 is 11.3 Å². The summed E-state index contributed by atoms with van der Waals surface area (Å²) in [6.45, 7) is 0.251. The van der Waals surface area contributed by atoms with Gasteiger partial charge in [-0.15, -0.1) is 11.3 Å². The van der Waals surface area contributed by atoms with Crippen molar-refractivity contribution in [1.82, 2.24) is 15.0 Å². The van der Waals surface area contributed by atoms with E-state index in [1.807, 2.05) is 30.3 Å². The van der Waals surface area contributed by atoms with E-state index in [1.165, 1.54) is 30.5 Å². The van der Waals surface area contributed by atoms with Gasteiger partial charge >= 0.3 is 0 Å². The van der Waals surface area contributed by atoms with Gasteiger partial charge in [-0.2, -0.15) is 0 Å². The van der Waals surface area contributed by atoms with Crippen LogP contribution < -0.4 is 10.0 Å². The number of nitrogens with zero attached hydrogens (tertiary/aromatic N) is 1. The molecule has 2 heterocycles. The molecule has 31 heavy (non-hydrogen) atoms. The number of aromatic nitrogens is 1. The number of nitrogens with one attached hydrogen (secondary N) is 2. The Balaban J connectivity index is 1.57. The van der Waals surface area contributed by atoms with Gasteiger partial charge < -0.3 is 9.73 Å². The van der Waals surface area contributed by atoms with Crippen molar-refractivity contribution in [2.24, 2.45) is 0 Å². The van der Waals surface area contributed by atoms with Crippen molar-refractivity contribution in [2.75, 3.05) is 7.05 Å². The lowest BCUT2D eigenvalue weighted by Crippen LogP contribution is -2.22. The topological polar surface area (TPSA) is 101 Å². The maximum atomic E-state index is 13.0. The molecule has 2 N–H and O–H groups in total. The van der Waals surface area contributed by atoms with Crippen molar-refractivity contribution in [2.45, 2.75) is 11.4 Å². The molecule has 0 aliphatic carbocycles. The highest BCUT2D eigenvalue weighted by atomic mass is 32.2. The van der Waals surface area contributed by atoms with Crippen molar-refractivity contribution in [3.63, 3.8) is 0 Å². The molecule has 4 rings (SSSR count). The molecule has 0 atom stereocenters. The molecule has 0 bridgehead atoms. The van der Waals surface area contributed by atoms with Gasteiger partial charge in [0.05, 0.1) is 16.9 Å². The summed E-state index contributed by atoms with van der Waals surface area (Å²) in [7, 11) is -2.14. The summed E-state index contributed by atoms with van der Waals surface area (Å²) in [5.74, 6) is 0.337. The SMILES string of the molecule is CNS(=O)(=O)c1ccc(CNC(=O)c2sc(-c3ccco3)nc2-c2ccccc2)cc1. The van der Waals surface area contributed by atoms with Gasteiger partial charge in [0, 0.05) is 12.1 Å². The molecule has 0 spiro atoms. The summed E-state index contributed by atoms with van der Waals surface area (Å²) >= 11 is 1.26. The number of hydrogen-bond donors (Lipinski definition) is 2. The standard InChI is InChI=1S/C22H19N3O4S2/c1-23-31(27,28)17-11-9-15(10-12-17)14-24-21(26)20-19(16-6-3-2-4-7-16)25-22(30-20)18-8-5-13-29-18/h2-13,23H,14H2,1H3,(H,24,26). The van der Waals surface area contributed by atoms with E-state index in [9.17, 15) is 13.2 Å². The zero-order valence-corrected chi connectivity index (χ0v) is 18.2. The van der Waals surface area contributed by atoms with Gasteiger partial charge in [0.25, 0.3) is 5.91 Å². The minimum atomic E-state index is -3.50. The van der Waals surface area contributed by atoms with E-state index in [0.717, 1.165) is 11.1 Å². The highest BCUT2D eigenvalue weighted by Gasteiger charge is 2.21. The minimum Gasteiger partial charge on any atom is -0.462 e. The average molecular weight is 454 g/mol. The van der Waals surface area contributed by atoms with Gasteiger partial charge in [0.15, 0.2) is 10.8 Å². The van der Waals surface area contributed by atoms with Crippen LogP contribution in [0.1, 0.15) is 15.2 Å². The number of furan rings is 1. The predicted octanol–water partition coefficient (Wildman–Crippen LogP) is 3.91. The first-order chi connectivity index (χ1) is 15.0. The van der Waals surface area contributed by atoms with E-state index >= 15 is 0 Å². The molecule has 1 amide bonds. The number of carbonyl (C=O) groups excluding carboxylic acids is 1. The maximum Gasteiger partial charge on any atom is 0.263 e. The van der Waals surface area contributed by atoms with Gasteiger partial charge in [-0.1, -0.05) is 42.5 Å². The lowest BCUT2D eigenvalue weighted by atomic mass is 10.1. The highest BCUT2D eigenvalue weighted by molar-refractivity contribution is 7.89. The van der Waals surface area contributed by atoms with Crippen LogP contribution in [0.15, 0.2) is 82.3 Å². The Morgan fingerprint density at radius 1 is 1.03 bits per heavy atom. The van der Waals surface area contributed by atoms with Crippen LogP contribution in [0, 0.1) is 0 Å². The zero-order chi connectivity index (χ0) is 21.8. The van der Waals surface area contributed by atoms with Crippen LogP contribution in [0.3, 0.4) is 0 Å². The Morgan fingerprint density at radius 3 is 2.42 bits per heavy atom. The summed E-state index contributed by atoms with van der Waals surface area (Å²) in [5.41, 5.74) is 2.20. The lowest BCUT2D eigenvalue weighted by Gasteiger charge is -2.07. The number of hydrogen-bond acceptors (Lipinski definition) is 6. The number of sulfonamides is 1. The Bertz CT molecular complexity index is 1280. The fourth-order valence-electron chi connectivity index (χ4n) is 2.94. The third kappa shape index (κ3) is 4.58. The van der Waals surface area contributed by atoms with Gasteiger partial charge in [-0.3, -0.25) is 4.79 Å². The molecule has 4 aromatic rings. The third-order valence-electron chi connectivity index (χ3n) is 4.57. The number of amides is 1. The van der Waals surface area contributed by atoms with Crippen LogP contribution in [0.5, 0.6) is 0 Å². The lowest BCUT2D eigenvalue weighted by molar-refractivity contribution is 0.0955. The molecule has 0 saturated carbocycles.